The van der Waals surface area contributed by atoms with Crippen molar-refractivity contribution in [3.63, 3.8) is 0 Å². The summed E-state index contributed by atoms with van der Waals surface area (Å²) in [5.41, 5.74) is 0. The summed E-state index contributed by atoms with van der Waals surface area (Å²) in [7, 11) is 5.90. The first-order valence-electron chi connectivity index (χ1n) is 3.91. The van der Waals surface area contributed by atoms with E-state index < -0.39 is 13.2 Å². The second-order valence-electron chi connectivity index (χ2n) is 2.63. The predicted octanol–water partition coefficient (Wildman–Crippen LogP) is 3.43. The van der Waals surface area contributed by atoms with Gasteiger partial charge in [-0.25, -0.2) is 0 Å². The van der Waals surface area contributed by atoms with E-state index in [2.05, 4.69) is 12.7 Å². The summed E-state index contributed by atoms with van der Waals surface area (Å²) in [6.07, 6.45) is 5.47. The second kappa shape index (κ2) is 6.94. The van der Waals surface area contributed by atoms with Crippen molar-refractivity contribution < 1.29 is 0 Å². The molecule has 0 aliphatic rings. The molecule has 54 valence electrons. The van der Waals surface area contributed by atoms with Gasteiger partial charge in [-0.05, 0) is 0 Å². The van der Waals surface area contributed by atoms with E-state index in [1.54, 1.807) is 0 Å². The molecule has 0 nitrogen and oxygen atoms in total. The van der Waals surface area contributed by atoms with Crippen LogP contribution in [0.3, 0.4) is 0 Å². The zero-order valence-electron chi connectivity index (χ0n) is 6.49. The minimum atomic E-state index is -0.741. The fraction of sp³-hybridized carbons (Fsp3) is 1.00. The average Bonchev–Trinajstić information content (AvgIpc) is 1.80. The van der Waals surface area contributed by atoms with E-state index in [0.717, 1.165) is 0 Å². The van der Waals surface area contributed by atoms with Crippen LogP contribution >= 0.6 is 10.0 Å². The van der Waals surface area contributed by atoms with E-state index in [1.807, 2.05) is 0 Å². The fourth-order valence-corrected chi connectivity index (χ4v) is 2.17. The summed E-state index contributed by atoms with van der Waals surface area (Å²) in [6.45, 7) is 2.24. The third-order valence-corrected chi connectivity index (χ3v) is 3.31. The Morgan fingerprint density at radius 2 is 1.89 bits per heavy atom. The summed E-state index contributed by atoms with van der Waals surface area (Å²) in [6, 6.07) is 0. The molecule has 0 amide bonds. The maximum atomic E-state index is 5.90. The quantitative estimate of drug-likeness (QED) is 0.429. The van der Waals surface area contributed by atoms with Crippen LogP contribution in [0.4, 0.5) is 0 Å². The van der Waals surface area contributed by atoms with E-state index >= 15 is 0 Å². The van der Waals surface area contributed by atoms with Crippen LogP contribution in [0.15, 0.2) is 0 Å². The van der Waals surface area contributed by atoms with E-state index in [-0.39, 0.29) is 0 Å². The monoisotopic (exact) mass is 162 g/mol. The molecule has 0 spiro atoms. The van der Waals surface area contributed by atoms with Crippen LogP contribution in [0.1, 0.15) is 32.6 Å². The molecule has 0 fully saturated rings. The van der Waals surface area contributed by atoms with Gasteiger partial charge in [0.25, 0.3) is 0 Å². The van der Waals surface area contributed by atoms with Gasteiger partial charge in [0, 0.05) is 0 Å². The van der Waals surface area contributed by atoms with Gasteiger partial charge in [0.1, 0.15) is 0 Å². The van der Waals surface area contributed by atoms with Crippen LogP contribution in [-0.4, -0.2) is 13.2 Å². The maximum Gasteiger partial charge on any atom is 0.396 e. The van der Waals surface area contributed by atoms with Crippen LogP contribution in [0.5, 0.6) is 0 Å². The molecule has 0 aliphatic heterocycles. The molecule has 0 heterocycles. The normalized spacial score (nSPS) is 9.67. The smallest absolute Gasteiger partial charge is 0.261 e. The highest BCUT2D eigenvalue weighted by Gasteiger charge is 2.03. The molecule has 0 aromatic heterocycles. The molecule has 2 heteroatoms. The molecule has 0 aromatic rings. The first kappa shape index (κ1) is 9.82. The van der Waals surface area contributed by atoms with Gasteiger partial charge in [-0.3, -0.25) is 10.0 Å². The molecule has 0 saturated carbocycles. The molecule has 0 N–H and O–H groups in total. The molecule has 0 saturated heterocycles. The zero-order valence-corrected chi connectivity index (χ0v) is 8.40. The predicted molar refractivity (Wildman–Crippen MR) is 46.4 cm³/mol. The Morgan fingerprint density at radius 3 is 2.33 bits per heavy atom. The van der Waals surface area contributed by atoms with Crippen molar-refractivity contribution in [3.05, 3.63) is 0 Å². The standard InChI is InChI=1S/C6H13.CH3.Al.ClH/c1-3-5-6-4-2;;;/h1,3-6H2,2H3;1H3;;1H/q;;+1;/p-1. The Hall–Kier alpha value is 0.822. The molecule has 0 aliphatic carbocycles. The van der Waals surface area contributed by atoms with Crippen molar-refractivity contribution in [2.75, 3.05) is 0 Å². The van der Waals surface area contributed by atoms with Crippen LogP contribution < -0.4 is 0 Å². The van der Waals surface area contributed by atoms with Gasteiger partial charge >= 0.3 is 13.2 Å². The Bertz CT molecular complexity index is 54.9. The van der Waals surface area contributed by atoms with Gasteiger partial charge in [-0.15, -0.1) is 0 Å². The molecule has 0 unspecified atom stereocenters. The highest BCUT2D eigenvalue weighted by molar-refractivity contribution is 7.06. The number of unbranched alkanes of at least 4 members (excludes halogenated alkanes) is 3. The van der Waals surface area contributed by atoms with E-state index in [9.17, 15) is 0 Å². The molecular weight excluding hydrogens is 147 g/mol. The van der Waals surface area contributed by atoms with Crippen molar-refractivity contribution in [3.8, 4) is 0 Å². The summed E-state index contributed by atoms with van der Waals surface area (Å²) >= 11 is -0.741. The number of hydrogen-bond donors (Lipinski definition) is 0. The molecular formula is C7H16AlCl. The van der Waals surface area contributed by atoms with Crippen molar-refractivity contribution in [1.29, 1.82) is 0 Å². The first-order valence-corrected chi connectivity index (χ1v) is 7.63. The van der Waals surface area contributed by atoms with Crippen LogP contribution in [0, 0.1) is 0 Å². The number of halogens is 1. The van der Waals surface area contributed by atoms with Crippen molar-refractivity contribution in [2.45, 2.75) is 43.7 Å². The van der Waals surface area contributed by atoms with Gasteiger partial charge in [-0.2, -0.15) is 0 Å². The van der Waals surface area contributed by atoms with Crippen LogP contribution in [0.25, 0.3) is 0 Å². The van der Waals surface area contributed by atoms with Crippen molar-refractivity contribution in [2.24, 2.45) is 0 Å². The van der Waals surface area contributed by atoms with E-state index in [0.29, 0.717) is 0 Å². The average molecular weight is 163 g/mol. The van der Waals surface area contributed by atoms with E-state index in [1.165, 1.54) is 31.0 Å². The summed E-state index contributed by atoms with van der Waals surface area (Å²) in [5.74, 6) is 2.20. The van der Waals surface area contributed by atoms with Crippen molar-refractivity contribution >= 4 is 23.3 Å². The Kier molecular flexibility index (Phi) is 7.57. The third kappa shape index (κ3) is 8.82. The lowest BCUT2D eigenvalue weighted by atomic mass is 10.2. The molecule has 0 rings (SSSR count). The van der Waals surface area contributed by atoms with Gasteiger partial charge in [0.2, 0.25) is 0 Å². The molecule has 0 atom stereocenters. The van der Waals surface area contributed by atoms with Crippen LogP contribution in [0.2, 0.25) is 11.1 Å². The Labute approximate surface area is 67.2 Å². The minimum Gasteiger partial charge on any atom is -0.261 e. The maximum absolute atomic E-state index is 5.90. The van der Waals surface area contributed by atoms with Crippen LogP contribution in [-0.2, 0) is 0 Å². The van der Waals surface area contributed by atoms with Crippen molar-refractivity contribution in [1.82, 2.24) is 0 Å². The molecule has 9 heavy (non-hydrogen) atoms. The number of rotatable bonds is 5. The van der Waals surface area contributed by atoms with Gasteiger partial charge in [-0.1, -0.05) is 43.7 Å². The summed E-state index contributed by atoms with van der Waals surface area (Å²) in [5, 5.41) is 1.32. The van der Waals surface area contributed by atoms with E-state index in [4.69, 9.17) is 10.0 Å². The Balaban J connectivity index is 2.75. The number of hydrogen-bond acceptors (Lipinski definition) is 0. The highest BCUT2D eigenvalue weighted by atomic mass is 35.6. The minimum absolute atomic E-state index is 0.741. The second-order valence-corrected chi connectivity index (χ2v) is 7.00. The first-order chi connectivity index (χ1) is 4.27. The lowest BCUT2D eigenvalue weighted by Gasteiger charge is -1.96. The Morgan fingerprint density at radius 1 is 1.22 bits per heavy atom. The molecule has 0 bridgehead atoms. The molecule has 0 radical (unpaired) electrons. The largest absolute Gasteiger partial charge is 0.396 e. The molecule has 0 aromatic carbocycles. The summed E-state index contributed by atoms with van der Waals surface area (Å²) < 4.78 is 0. The lowest BCUT2D eigenvalue weighted by molar-refractivity contribution is 0.700. The lowest BCUT2D eigenvalue weighted by Crippen LogP contribution is -1.93. The fourth-order valence-electron chi connectivity index (χ4n) is 0.852. The SMILES string of the molecule is CCCCC[CH2][Al]([CH3])[Cl]. The van der Waals surface area contributed by atoms with Gasteiger partial charge in [0.15, 0.2) is 0 Å². The zero-order chi connectivity index (χ0) is 7.11. The topological polar surface area (TPSA) is 0 Å². The third-order valence-electron chi connectivity index (χ3n) is 1.46. The van der Waals surface area contributed by atoms with Gasteiger partial charge < -0.3 is 0 Å². The highest BCUT2D eigenvalue weighted by Crippen LogP contribution is 2.07. The summed E-state index contributed by atoms with van der Waals surface area (Å²) in [4.78, 5) is 0. The van der Waals surface area contributed by atoms with Gasteiger partial charge in [0.05, 0.1) is 0 Å².